The van der Waals surface area contributed by atoms with Crippen molar-refractivity contribution >= 4 is 37.1 Å². The molecule has 0 saturated heterocycles. The Kier molecular flexibility index (Phi) is 6.79. The van der Waals surface area contributed by atoms with Gasteiger partial charge >= 0.3 is 0 Å². The molecule has 10 nitrogen and oxygen atoms in total. The molecule has 4 aromatic rings. The summed E-state index contributed by atoms with van der Waals surface area (Å²) in [5, 5.41) is 14.7. The smallest absolute Gasteiger partial charge is 0.261 e. The molecule has 0 spiro atoms. The molecule has 2 aliphatic rings. The van der Waals surface area contributed by atoms with Crippen molar-refractivity contribution in [2.24, 2.45) is 0 Å². The number of hydrogen-bond acceptors (Lipinski definition) is 8. The third-order valence-electron chi connectivity index (χ3n) is 7.62. The Morgan fingerprint density at radius 2 is 1.40 bits per heavy atom. The first-order valence-corrected chi connectivity index (χ1v) is 16.2. The van der Waals surface area contributed by atoms with E-state index in [2.05, 4.69) is 9.44 Å². The number of phenols is 1. The van der Waals surface area contributed by atoms with E-state index in [0.717, 1.165) is 5.56 Å². The summed E-state index contributed by atoms with van der Waals surface area (Å²) in [6, 6.07) is 24.3. The van der Waals surface area contributed by atoms with Crippen molar-refractivity contribution in [2.45, 2.75) is 34.8 Å². The Balaban J connectivity index is 1.41. The highest BCUT2D eigenvalue weighted by atomic mass is 32.2. The monoisotopic (exact) mass is 606 g/mol. The predicted molar refractivity (Wildman–Crippen MR) is 161 cm³/mol. The van der Waals surface area contributed by atoms with Gasteiger partial charge in [0.15, 0.2) is 6.23 Å². The third-order valence-corrected chi connectivity index (χ3v) is 10.4. The second-order valence-electron chi connectivity index (χ2n) is 10.5. The average molecular weight is 607 g/mol. The number of ether oxygens (including phenoxy) is 1. The van der Waals surface area contributed by atoms with Crippen LogP contribution in [0.5, 0.6) is 11.5 Å². The Bertz CT molecular complexity index is 1870. The van der Waals surface area contributed by atoms with E-state index < -0.39 is 26.3 Å². The van der Waals surface area contributed by atoms with Crippen LogP contribution >= 0.6 is 0 Å². The van der Waals surface area contributed by atoms with E-state index >= 15 is 0 Å². The number of benzene rings is 4. The predicted octanol–water partition coefficient (Wildman–Crippen LogP) is 4.90. The minimum Gasteiger partial charge on any atom is -0.508 e. The number of rotatable bonds is 7. The van der Waals surface area contributed by atoms with Gasteiger partial charge < -0.3 is 9.84 Å². The summed E-state index contributed by atoms with van der Waals surface area (Å²) in [5.41, 5.74) is 2.47. The van der Waals surface area contributed by atoms with Crippen molar-refractivity contribution in [3.8, 4) is 11.5 Å². The first kappa shape index (κ1) is 27.9. The van der Waals surface area contributed by atoms with E-state index in [1.807, 2.05) is 26.0 Å². The molecular weight excluding hydrogens is 576 g/mol. The molecule has 0 amide bonds. The number of sulfonamides is 2. The summed E-state index contributed by atoms with van der Waals surface area (Å²) in [7, 11) is -4.13. The van der Waals surface area contributed by atoms with E-state index in [1.54, 1.807) is 59.6 Å². The second kappa shape index (κ2) is 10.2. The first-order valence-electron chi connectivity index (χ1n) is 13.3. The number of nitrogens with zero attached hydrogens (tertiary/aromatic N) is 2. The fraction of sp³-hybridized carbons (Fsp3) is 0.200. The Labute approximate surface area is 245 Å². The minimum absolute atomic E-state index is 0.0137. The normalized spacial score (nSPS) is 19.4. The largest absolute Gasteiger partial charge is 0.508 e. The van der Waals surface area contributed by atoms with Crippen LogP contribution in [0.4, 0.5) is 17.1 Å². The van der Waals surface area contributed by atoms with Crippen LogP contribution in [-0.4, -0.2) is 47.3 Å². The number of aromatic hydroxyl groups is 1. The zero-order valence-electron chi connectivity index (χ0n) is 23.1. The molecule has 0 aromatic heterocycles. The topological polar surface area (TPSA) is 128 Å². The van der Waals surface area contributed by atoms with Crippen LogP contribution in [-0.2, 0) is 20.0 Å². The summed E-state index contributed by atoms with van der Waals surface area (Å²) in [6.45, 7) is 1.94. The van der Waals surface area contributed by atoms with Crippen molar-refractivity contribution in [3.63, 3.8) is 0 Å². The molecule has 0 unspecified atom stereocenters. The maximum Gasteiger partial charge on any atom is 0.261 e. The molecule has 3 N–H and O–H groups in total. The van der Waals surface area contributed by atoms with Crippen LogP contribution in [0.3, 0.4) is 0 Å². The van der Waals surface area contributed by atoms with Gasteiger partial charge in [-0.3, -0.25) is 14.5 Å². The van der Waals surface area contributed by atoms with Crippen molar-refractivity contribution < 1.29 is 26.7 Å². The number of nitrogens with one attached hydrogen (secondary N) is 2. The summed E-state index contributed by atoms with van der Waals surface area (Å²) >= 11 is 0. The van der Waals surface area contributed by atoms with Crippen LogP contribution < -0.4 is 19.2 Å². The lowest BCUT2D eigenvalue weighted by atomic mass is 9.78. The van der Waals surface area contributed by atoms with Crippen LogP contribution in [0, 0.1) is 0 Å². The van der Waals surface area contributed by atoms with Crippen molar-refractivity contribution in [1.82, 2.24) is 5.01 Å². The molecule has 3 atom stereocenters. The molecule has 0 fully saturated rings. The van der Waals surface area contributed by atoms with Gasteiger partial charge in [-0.15, -0.1) is 0 Å². The van der Waals surface area contributed by atoms with Gasteiger partial charge in [0.2, 0.25) is 0 Å². The highest BCUT2D eigenvalue weighted by molar-refractivity contribution is 7.93. The quantitative estimate of drug-likeness (QED) is 0.254. The number of hydrogen-bond donors (Lipinski definition) is 3. The van der Waals surface area contributed by atoms with Gasteiger partial charge in [-0.25, -0.2) is 21.8 Å². The van der Waals surface area contributed by atoms with Crippen molar-refractivity contribution in [2.75, 3.05) is 28.5 Å². The van der Waals surface area contributed by atoms with Gasteiger partial charge in [0.25, 0.3) is 20.0 Å². The molecule has 42 heavy (non-hydrogen) atoms. The van der Waals surface area contributed by atoms with E-state index in [1.165, 1.54) is 36.4 Å². The Morgan fingerprint density at radius 1 is 0.810 bits per heavy atom. The van der Waals surface area contributed by atoms with Crippen LogP contribution in [0.25, 0.3) is 0 Å². The van der Waals surface area contributed by atoms with Crippen molar-refractivity contribution in [1.29, 1.82) is 0 Å². The second-order valence-corrected chi connectivity index (χ2v) is 13.9. The molecular formula is C30H30N4O6S2. The number of hydrazine groups is 1. The molecule has 2 aliphatic heterocycles. The molecule has 4 aromatic carbocycles. The van der Waals surface area contributed by atoms with Gasteiger partial charge in [0, 0.05) is 30.9 Å². The van der Waals surface area contributed by atoms with Crippen LogP contribution in [0.15, 0.2) is 101 Å². The Hall–Kier alpha value is -4.26. The standard InChI is InChI=1S/C30H30N4O6S2/c1-19-27-23-18-20(31-41(36,37)21-10-6-4-7-11-21)14-17-26(23)40-30(27)34(33(2)3)29-24(15-16-25(35)28(19)29)32-42(38,39)22-12-8-5-9-13-22/h4-19,27,30-32,35H,1-3H3/t19-,27+,30-/m1/s1. The van der Waals surface area contributed by atoms with Crippen LogP contribution in [0.1, 0.15) is 29.9 Å². The van der Waals surface area contributed by atoms with E-state index in [0.29, 0.717) is 28.4 Å². The van der Waals surface area contributed by atoms with Gasteiger partial charge in [0.05, 0.1) is 27.1 Å². The molecule has 218 valence electrons. The summed E-state index contributed by atoms with van der Waals surface area (Å²) in [5.74, 6) is -0.0579. The lowest BCUT2D eigenvalue weighted by Gasteiger charge is -2.46. The highest BCUT2D eigenvalue weighted by Crippen LogP contribution is 2.57. The minimum atomic E-state index is -3.93. The van der Waals surface area contributed by atoms with Gasteiger partial charge in [-0.2, -0.15) is 0 Å². The Morgan fingerprint density at radius 3 is 2.00 bits per heavy atom. The maximum atomic E-state index is 13.3. The molecule has 0 radical (unpaired) electrons. The average Bonchev–Trinajstić information content (AvgIpc) is 3.34. The maximum absolute atomic E-state index is 13.3. The van der Waals surface area contributed by atoms with Gasteiger partial charge in [0.1, 0.15) is 11.5 Å². The van der Waals surface area contributed by atoms with Crippen LogP contribution in [0.2, 0.25) is 0 Å². The lowest BCUT2D eigenvalue weighted by Crippen LogP contribution is -2.53. The van der Waals surface area contributed by atoms with Gasteiger partial charge in [-0.1, -0.05) is 43.3 Å². The van der Waals surface area contributed by atoms with E-state index in [-0.39, 0.29) is 27.4 Å². The molecule has 0 bridgehead atoms. The van der Waals surface area contributed by atoms with E-state index in [4.69, 9.17) is 4.74 Å². The first-order chi connectivity index (χ1) is 20.0. The molecule has 0 aliphatic carbocycles. The fourth-order valence-corrected chi connectivity index (χ4v) is 7.94. The molecule has 12 heteroatoms. The summed E-state index contributed by atoms with van der Waals surface area (Å²) in [6.07, 6.45) is -0.597. The SMILES string of the molecule is C[C@H]1c2c(O)ccc(NS(=O)(=O)c3ccccc3)c2N(N(C)C)[C@@H]2Oc3ccc(NS(=O)(=O)c4ccccc4)cc3[C@@H]21. The summed E-state index contributed by atoms with van der Waals surface area (Å²) in [4.78, 5) is 0.258. The zero-order chi connectivity index (χ0) is 29.8. The molecule has 0 saturated carbocycles. The highest BCUT2D eigenvalue weighted by Gasteiger charge is 2.50. The number of fused-ring (bicyclic) bond motifs is 4. The zero-order valence-corrected chi connectivity index (χ0v) is 24.7. The molecule has 6 rings (SSSR count). The molecule has 2 heterocycles. The van der Waals surface area contributed by atoms with Gasteiger partial charge in [-0.05, 0) is 60.5 Å². The summed E-state index contributed by atoms with van der Waals surface area (Å²) < 4.78 is 64.4. The lowest BCUT2D eigenvalue weighted by molar-refractivity contribution is 0.121. The number of anilines is 3. The number of phenolic OH excluding ortho intramolecular Hbond substituents is 1. The fourth-order valence-electron chi connectivity index (χ4n) is 5.78. The van der Waals surface area contributed by atoms with E-state index in [9.17, 15) is 21.9 Å². The third kappa shape index (κ3) is 4.71. The van der Waals surface area contributed by atoms with Crippen molar-refractivity contribution in [3.05, 3.63) is 102 Å².